The van der Waals surface area contributed by atoms with E-state index < -0.39 is 56.2 Å². The van der Waals surface area contributed by atoms with Gasteiger partial charge in [0, 0.05) is 6.42 Å². The molecule has 4 atom stereocenters. The first-order chi connectivity index (χ1) is 16.1. The molecule has 35 heavy (non-hydrogen) atoms. The van der Waals surface area contributed by atoms with Crippen LogP contribution in [0.1, 0.15) is 90.4 Å². The van der Waals surface area contributed by atoms with Crippen LogP contribution in [0.3, 0.4) is 0 Å². The van der Waals surface area contributed by atoms with Crippen molar-refractivity contribution in [3.8, 4) is 0 Å². The van der Waals surface area contributed by atoms with E-state index in [2.05, 4.69) is 11.4 Å². The Morgan fingerprint density at radius 1 is 1.09 bits per heavy atom. The van der Waals surface area contributed by atoms with Gasteiger partial charge < -0.3 is 39.1 Å². The van der Waals surface area contributed by atoms with E-state index in [0.717, 1.165) is 25.7 Å². The third kappa shape index (κ3) is 14.6. The zero-order valence-corrected chi connectivity index (χ0v) is 23.6. The Kier molecular flexibility index (Phi) is 18.2. The zero-order valence-electron chi connectivity index (χ0n) is 20.7. The molecule has 0 radical (unpaired) electrons. The molecule has 1 heterocycles. The number of carbonyl (C=O) groups excluding carboxylic acids is 1. The van der Waals surface area contributed by atoms with E-state index in [1.165, 1.54) is 25.7 Å². The number of carboxylic acid groups (broad SMARTS) is 1. The topological polar surface area (TPSA) is 183 Å². The van der Waals surface area contributed by atoms with Crippen LogP contribution in [0.4, 0.5) is 0 Å². The van der Waals surface area contributed by atoms with Gasteiger partial charge in [-0.05, 0) is 32.1 Å². The third-order valence-electron chi connectivity index (χ3n) is 5.48. The first kappa shape index (κ1) is 34.4. The van der Waals surface area contributed by atoms with Gasteiger partial charge in [0.2, 0.25) is 0 Å². The number of aliphatic carboxylic acids is 1. The SMILES string of the molecule is CCCCCCCCCCC(CCCCC(=O)O)OC1=C(OP(=O)([O-])O)C(=O)OC1[C@@H](O)CO.[Na+]. The Bertz CT molecular complexity index is 710. The van der Waals surface area contributed by atoms with E-state index in [-0.39, 0.29) is 36.0 Å². The number of esters is 1. The zero-order chi connectivity index (χ0) is 25.6. The van der Waals surface area contributed by atoms with Gasteiger partial charge in [-0.15, -0.1) is 0 Å². The maximum absolute atomic E-state index is 12.1. The monoisotopic (exact) mass is 532 g/mol. The summed E-state index contributed by atoms with van der Waals surface area (Å²) in [5, 5.41) is 28.1. The molecular weight excluding hydrogens is 494 g/mol. The van der Waals surface area contributed by atoms with Gasteiger partial charge in [0.15, 0.2) is 11.9 Å². The average molecular weight is 532 g/mol. The molecule has 1 aliphatic rings. The van der Waals surface area contributed by atoms with Crippen molar-refractivity contribution in [1.29, 1.82) is 0 Å². The van der Waals surface area contributed by atoms with E-state index in [0.29, 0.717) is 25.7 Å². The molecule has 0 aromatic carbocycles. The molecule has 0 saturated carbocycles. The second-order valence-electron chi connectivity index (χ2n) is 8.47. The summed E-state index contributed by atoms with van der Waals surface area (Å²) in [4.78, 5) is 43.2. The maximum Gasteiger partial charge on any atom is 1.00 e. The van der Waals surface area contributed by atoms with Crippen LogP contribution in [0.5, 0.6) is 0 Å². The number of aliphatic hydroxyl groups is 2. The standard InChI is InChI=1S/C22H39O11P.Na/c1-2-3-4-5-6-7-8-9-12-16(13-10-11-14-18(25)26)31-20-19(17(24)15-23)32-22(27)21(20)33-34(28,29)30;/h16-17,19,23-24H,2-15H2,1H3,(H,25,26)(H2,28,29,30);/q;+1/p-1/t16?,17-,19?;/m0./s1. The molecule has 0 aromatic rings. The molecular formula is C22H38NaO11P. The summed E-state index contributed by atoms with van der Waals surface area (Å²) in [5.74, 6) is -3.49. The normalized spacial score (nSPS) is 18.9. The Hall–Kier alpha value is -0.650. The van der Waals surface area contributed by atoms with Crippen LogP contribution >= 0.6 is 7.82 Å². The summed E-state index contributed by atoms with van der Waals surface area (Å²) in [6.45, 7) is 1.36. The average Bonchev–Trinajstić information content (AvgIpc) is 3.05. The minimum absolute atomic E-state index is 0. The van der Waals surface area contributed by atoms with Gasteiger partial charge in [0.25, 0.3) is 5.76 Å². The number of phosphoric ester groups is 1. The van der Waals surface area contributed by atoms with Crippen LogP contribution in [0.25, 0.3) is 0 Å². The number of ether oxygens (including phenoxy) is 2. The Labute approximate surface area is 228 Å². The molecule has 3 unspecified atom stereocenters. The minimum atomic E-state index is -5.38. The van der Waals surface area contributed by atoms with Gasteiger partial charge in [0.1, 0.15) is 6.10 Å². The molecule has 13 heteroatoms. The molecule has 1 rings (SSSR count). The second kappa shape index (κ2) is 18.6. The van der Waals surface area contributed by atoms with E-state index in [1.54, 1.807) is 0 Å². The van der Waals surface area contributed by atoms with Gasteiger partial charge in [-0.1, -0.05) is 51.9 Å². The van der Waals surface area contributed by atoms with Crippen LogP contribution in [-0.4, -0.2) is 57.1 Å². The summed E-state index contributed by atoms with van der Waals surface area (Å²) in [7, 11) is -5.38. The maximum atomic E-state index is 12.1. The number of cyclic esters (lactones) is 1. The van der Waals surface area contributed by atoms with Crippen LogP contribution in [0, 0.1) is 0 Å². The van der Waals surface area contributed by atoms with Crippen LogP contribution < -0.4 is 34.5 Å². The fourth-order valence-corrected chi connectivity index (χ4v) is 4.11. The fraction of sp³-hybridized carbons (Fsp3) is 0.818. The summed E-state index contributed by atoms with van der Waals surface area (Å²) in [6.07, 6.45) is 6.85. The van der Waals surface area contributed by atoms with Gasteiger partial charge in [-0.2, -0.15) is 0 Å². The number of unbranched alkanes of at least 4 members (excludes halogenated alkanes) is 8. The van der Waals surface area contributed by atoms with Crippen LogP contribution in [-0.2, 0) is 28.2 Å². The van der Waals surface area contributed by atoms with Crippen molar-refractivity contribution in [2.24, 2.45) is 0 Å². The number of hydrogen-bond donors (Lipinski definition) is 4. The van der Waals surface area contributed by atoms with Crippen molar-refractivity contribution in [3.05, 3.63) is 11.5 Å². The Morgan fingerprint density at radius 2 is 1.63 bits per heavy atom. The summed E-state index contributed by atoms with van der Waals surface area (Å²) in [6, 6.07) is 0. The summed E-state index contributed by atoms with van der Waals surface area (Å²) < 4.78 is 26.4. The quantitative estimate of drug-likeness (QED) is 0.0687. The minimum Gasteiger partial charge on any atom is -0.746 e. The smallest absolute Gasteiger partial charge is 0.746 e. The molecule has 0 fully saturated rings. The number of carbonyl (C=O) groups is 2. The number of phosphoric acid groups is 1. The van der Waals surface area contributed by atoms with Crippen molar-refractivity contribution >= 4 is 19.8 Å². The molecule has 1 aliphatic heterocycles. The van der Waals surface area contributed by atoms with Crippen molar-refractivity contribution in [3.63, 3.8) is 0 Å². The van der Waals surface area contributed by atoms with E-state index in [9.17, 15) is 29.3 Å². The first-order valence-electron chi connectivity index (χ1n) is 11.9. The van der Waals surface area contributed by atoms with Crippen LogP contribution in [0.15, 0.2) is 11.5 Å². The van der Waals surface area contributed by atoms with Gasteiger partial charge in [-0.25, -0.2) is 4.79 Å². The largest absolute Gasteiger partial charge is 1.00 e. The number of aliphatic hydroxyl groups excluding tert-OH is 2. The molecule has 198 valence electrons. The molecule has 11 nitrogen and oxygen atoms in total. The van der Waals surface area contributed by atoms with Crippen molar-refractivity contribution in [1.82, 2.24) is 0 Å². The number of rotatable bonds is 20. The van der Waals surface area contributed by atoms with Crippen molar-refractivity contribution < 1.29 is 82.8 Å². The van der Waals surface area contributed by atoms with Gasteiger partial charge >= 0.3 is 49.3 Å². The predicted molar refractivity (Wildman–Crippen MR) is 119 cm³/mol. The molecule has 0 amide bonds. The van der Waals surface area contributed by atoms with Crippen molar-refractivity contribution in [2.75, 3.05) is 6.61 Å². The summed E-state index contributed by atoms with van der Waals surface area (Å²) >= 11 is 0. The van der Waals surface area contributed by atoms with Crippen LogP contribution in [0.2, 0.25) is 0 Å². The van der Waals surface area contributed by atoms with Crippen molar-refractivity contribution in [2.45, 2.75) is 109 Å². The van der Waals surface area contributed by atoms with E-state index in [1.807, 2.05) is 0 Å². The Balaban J connectivity index is 0.0000116. The molecule has 0 aromatic heterocycles. The van der Waals surface area contributed by atoms with E-state index >= 15 is 0 Å². The molecule has 0 aliphatic carbocycles. The third-order valence-corrected chi connectivity index (χ3v) is 5.90. The summed E-state index contributed by atoms with van der Waals surface area (Å²) in [5.41, 5.74) is 0. The molecule has 0 saturated heterocycles. The van der Waals surface area contributed by atoms with Gasteiger partial charge in [0.05, 0.1) is 12.7 Å². The molecule has 0 bridgehead atoms. The predicted octanol–water partition coefficient (Wildman–Crippen LogP) is -0.481. The Morgan fingerprint density at radius 3 is 2.14 bits per heavy atom. The number of carboxylic acids is 1. The first-order valence-corrected chi connectivity index (χ1v) is 13.4. The molecule has 4 N–H and O–H groups in total. The second-order valence-corrected chi connectivity index (χ2v) is 9.59. The van der Waals surface area contributed by atoms with Gasteiger partial charge in [-0.3, -0.25) is 9.36 Å². The fourth-order valence-electron chi connectivity index (χ4n) is 3.72. The number of hydrogen-bond acceptors (Lipinski definition) is 9. The van der Waals surface area contributed by atoms with E-state index in [4.69, 9.17) is 19.5 Å². The molecule has 0 spiro atoms.